The van der Waals surface area contributed by atoms with Crippen molar-refractivity contribution in [1.29, 1.82) is 0 Å². The minimum Gasteiger partial charge on any atom is -0.327 e. The molecule has 0 N–H and O–H groups in total. The van der Waals surface area contributed by atoms with Crippen molar-refractivity contribution in [3.8, 4) is 28.2 Å². The van der Waals surface area contributed by atoms with Crippen LogP contribution in [0.4, 0.5) is 0 Å². The van der Waals surface area contributed by atoms with Gasteiger partial charge in [-0.05, 0) is 48.0 Å². The lowest BCUT2D eigenvalue weighted by Crippen LogP contribution is -1.97. The number of para-hydroxylation sites is 4. The fourth-order valence-corrected chi connectivity index (χ4v) is 5.94. The van der Waals surface area contributed by atoms with Gasteiger partial charge in [0.15, 0.2) is 0 Å². The van der Waals surface area contributed by atoms with Crippen molar-refractivity contribution in [2.45, 2.75) is 0 Å². The van der Waals surface area contributed by atoms with Crippen LogP contribution in [0.15, 0.2) is 128 Å². The van der Waals surface area contributed by atoms with Gasteiger partial charge in [0.2, 0.25) is 0 Å². The molecule has 0 unspecified atom stereocenters. The minimum atomic E-state index is 0.960. The molecule has 4 nitrogen and oxygen atoms in total. The number of hydrogen-bond donors (Lipinski definition) is 0. The topological polar surface area (TPSA) is 35.6 Å². The highest BCUT2D eigenvalue weighted by Crippen LogP contribution is 2.37. The summed E-state index contributed by atoms with van der Waals surface area (Å²) in [6.45, 7) is 0. The van der Waals surface area contributed by atoms with Crippen LogP contribution in [0.2, 0.25) is 0 Å². The molecule has 8 aromatic rings. The lowest BCUT2D eigenvalue weighted by Gasteiger charge is -2.11. The molecule has 39 heavy (non-hydrogen) atoms. The third-order valence-electron chi connectivity index (χ3n) is 7.77. The molecule has 0 atom stereocenters. The van der Waals surface area contributed by atoms with Crippen LogP contribution < -0.4 is 0 Å². The first-order valence-electron chi connectivity index (χ1n) is 13.2. The zero-order valence-electron chi connectivity index (χ0n) is 21.4. The van der Waals surface area contributed by atoms with Crippen LogP contribution in [0.25, 0.3) is 71.9 Å². The third-order valence-corrected chi connectivity index (χ3v) is 7.77. The van der Waals surface area contributed by atoms with Crippen LogP contribution in [0, 0.1) is 0 Å². The highest BCUT2D eigenvalue weighted by Gasteiger charge is 2.16. The van der Waals surface area contributed by atoms with Gasteiger partial charge in [-0.2, -0.15) is 0 Å². The Bertz CT molecular complexity index is 2190. The summed E-state index contributed by atoms with van der Waals surface area (Å²) < 4.78 is 4.55. The van der Waals surface area contributed by atoms with Gasteiger partial charge in [-0.1, -0.05) is 78.9 Å². The maximum absolute atomic E-state index is 4.96. The maximum Gasteiger partial charge on any atom is 0.140 e. The summed E-state index contributed by atoms with van der Waals surface area (Å²) in [6.07, 6.45) is 1.87. The van der Waals surface area contributed by atoms with Crippen LogP contribution in [0.5, 0.6) is 0 Å². The highest BCUT2D eigenvalue weighted by molar-refractivity contribution is 6.11. The molecule has 0 saturated heterocycles. The van der Waals surface area contributed by atoms with Crippen molar-refractivity contribution in [3.63, 3.8) is 0 Å². The smallest absolute Gasteiger partial charge is 0.140 e. The Kier molecular flexibility index (Phi) is 4.70. The summed E-state index contributed by atoms with van der Waals surface area (Å²) in [6, 6.07) is 42.9. The first kappa shape index (κ1) is 21.8. The number of benzene rings is 5. The first-order chi connectivity index (χ1) is 19.3. The number of nitrogens with zero attached hydrogens (tertiary/aromatic N) is 4. The summed E-state index contributed by atoms with van der Waals surface area (Å²) in [4.78, 5) is 9.68. The number of pyridine rings is 1. The maximum atomic E-state index is 4.96. The fourth-order valence-electron chi connectivity index (χ4n) is 5.94. The molecule has 8 rings (SSSR count). The highest BCUT2D eigenvalue weighted by atomic mass is 15.1. The van der Waals surface area contributed by atoms with E-state index in [0.29, 0.717) is 0 Å². The van der Waals surface area contributed by atoms with E-state index in [1.54, 1.807) is 0 Å². The van der Waals surface area contributed by atoms with Gasteiger partial charge >= 0.3 is 0 Å². The number of hydrogen-bond acceptors (Lipinski definition) is 2. The van der Waals surface area contributed by atoms with Gasteiger partial charge in [0.05, 0.1) is 27.6 Å². The Morgan fingerprint density at radius 3 is 2.31 bits per heavy atom. The Balaban J connectivity index is 1.38. The van der Waals surface area contributed by atoms with E-state index >= 15 is 0 Å². The van der Waals surface area contributed by atoms with E-state index in [1.165, 1.54) is 21.8 Å². The Labute approximate surface area is 225 Å². The van der Waals surface area contributed by atoms with Crippen molar-refractivity contribution in [1.82, 2.24) is 19.1 Å². The molecule has 4 heteroatoms. The van der Waals surface area contributed by atoms with Crippen molar-refractivity contribution in [3.05, 3.63) is 128 Å². The van der Waals surface area contributed by atoms with Gasteiger partial charge in [-0.25, -0.2) is 4.98 Å². The Morgan fingerprint density at radius 1 is 0.590 bits per heavy atom. The first-order valence-corrected chi connectivity index (χ1v) is 13.2. The summed E-state index contributed by atoms with van der Waals surface area (Å²) in [5, 5.41) is 3.62. The van der Waals surface area contributed by atoms with Crippen molar-refractivity contribution in [2.75, 3.05) is 0 Å². The van der Waals surface area contributed by atoms with Gasteiger partial charge < -0.3 is 9.13 Å². The van der Waals surface area contributed by atoms with E-state index in [-0.39, 0.29) is 0 Å². The number of imidazole rings is 1. The van der Waals surface area contributed by atoms with Gasteiger partial charge in [-0.3, -0.25) is 4.98 Å². The molecule has 3 aromatic heterocycles. The predicted octanol–water partition coefficient (Wildman–Crippen LogP) is 8.55. The van der Waals surface area contributed by atoms with Crippen LogP contribution in [-0.4, -0.2) is 19.1 Å². The SMILES string of the molecule is Cn1c(-c2cccc(-n3c4ccccc4c4ccc(-c5cccc6cccnc56)cc43)c2)nc2ccccc21. The second-order valence-corrected chi connectivity index (χ2v) is 10.00. The fraction of sp³-hybridized carbons (Fsp3) is 0.0286. The second-order valence-electron chi connectivity index (χ2n) is 10.00. The lowest BCUT2D eigenvalue weighted by atomic mass is 10.0. The molecule has 0 aliphatic rings. The van der Waals surface area contributed by atoms with Crippen LogP contribution >= 0.6 is 0 Å². The molecule has 184 valence electrons. The standard InChI is InChI=1S/C35H24N4/c1-38-32-17-5-3-15-30(32)37-35(38)25-10-6-12-26(21-25)39-31-16-4-2-13-28(31)29-19-18-24(22-33(29)39)27-14-7-9-23-11-8-20-36-34(23)27/h2-22H,1H3. The molecule has 0 aliphatic heterocycles. The normalized spacial score (nSPS) is 11.7. The van der Waals surface area contributed by atoms with E-state index in [0.717, 1.165) is 50.1 Å². The molecule has 3 heterocycles. The lowest BCUT2D eigenvalue weighted by molar-refractivity contribution is 0.959. The molecule has 0 aliphatic carbocycles. The molecule has 0 bridgehead atoms. The van der Waals surface area contributed by atoms with Crippen molar-refractivity contribution in [2.24, 2.45) is 7.05 Å². The predicted molar refractivity (Wildman–Crippen MR) is 161 cm³/mol. The molecule has 0 saturated carbocycles. The molecular formula is C35H24N4. The largest absolute Gasteiger partial charge is 0.327 e. The van der Waals surface area contributed by atoms with E-state index in [9.17, 15) is 0 Å². The third kappa shape index (κ3) is 3.32. The van der Waals surface area contributed by atoms with Gasteiger partial charge in [0, 0.05) is 46.2 Å². The minimum absolute atomic E-state index is 0.960. The van der Waals surface area contributed by atoms with Crippen molar-refractivity contribution >= 4 is 43.7 Å². The Hall–Kier alpha value is -5.22. The number of rotatable bonds is 3. The zero-order valence-corrected chi connectivity index (χ0v) is 21.4. The molecule has 0 radical (unpaired) electrons. The van der Waals surface area contributed by atoms with Crippen LogP contribution in [0.1, 0.15) is 0 Å². The van der Waals surface area contributed by atoms with E-state index in [2.05, 4.69) is 125 Å². The number of fused-ring (bicyclic) bond motifs is 5. The monoisotopic (exact) mass is 500 g/mol. The number of aryl methyl sites for hydroxylation is 1. The molecule has 0 spiro atoms. The van der Waals surface area contributed by atoms with Crippen LogP contribution in [0.3, 0.4) is 0 Å². The van der Waals surface area contributed by atoms with Gasteiger partial charge in [0.1, 0.15) is 5.82 Å². The van der Waals surface area contributed by atoms with Gasteiger partial charge in [0.25, 0.3) is 0 Å². The van der Waals surface area contributed by atoms with Crippen molar-refractivity contribution < 1.29 is 0 Å². The molecular weight excluding hydrogens is 476 g/mol. The average molecular weight is 501 g/mol. The summed E-state index contributed by atoms with van der Waals surface area (Å²) in [5.74, 6) is 0.960. The molecule has 0 fully saturated rings. The number of aromatic nitrogens is 4. The van der Waals surface area contributed by atoms with Gasteiger partial charge in [-0.15, -0.1) is 0 Å². The van der Waals surface area contributed by atoms with E-state index < -0.39 is 0 Å². The average Bonchev–Trinajstić information content (AvgIpc) is 3.51. The molecule has 0 amide bonds. The van der Waals surface area contributed by atoms with Crippen LogP contribution in [-0.2, 0) is 7.05 Å². The summed E-state index contributed by atoms with van der Waals surface area (Å²) >= 11 is 0. The second kappa shape index (κ2) is 8.40. The summed E-state index contributed by atoms with van der Waals surface area (Å²) in [7, 11) is 2.09. The quantitative estimate of drug-likeness (QED) is 0.244. The summed E-state index contributed by atoms with van der Waals surface area (Å²) in [5.41, 5.74) is 10.00. The zero-order chi connectivity index (χ0) is 25.9. The Morgan fingerprint density at radius 2 is 1.38 bits per heavy atom. The van der Waals surface area contributed by atoms with E-state index in [1.807, 2.05) is 18.3 Å². The molecule has 5 aromatic carbocycles. The van der Waals surface area contributed by atoms with E-state index in [4.69, 9.17) is 9.97 Å².